The van der Waals surface area contributed by atoms with Gasteiger partial charge in [-0.2, -0.15) is 0 Å². The van der Waals surface area contributed by atoms with Crippen LogP contribution in [-0.2, 0) is 21.2 Å². The lowest BCUT2D eigenvalue weighted by molar-refractivity contribution is 0.299. The molecule has 2 aromatic rings. The second-order valence-electron chi connectivity index (χ2n) is 6.09. The average Bonchev–Trinajstić information content (AvgIpc) is 2.60. The van der Waals surface area contributed by atoms with Gasteiger partial charge in [0.2, 0.25) is 0 Å². The van der Waals surface area contributed by atoms with Gasteiger partial charge in [0.15, 0.2) is 9.84 Å². The second kappa shape index (κ2) is 8.92. The SMILES string of the molecule is CC(C)CCS(=O)(=O)c1ccc(NC(=S)OCc2cccnc2)cc1. The number of hydrogen-bond acceptors (Lipinski definition) is 5. The molecule has 0 fully saturated rings. The monoisotopic (exact) mass is 378 g/mol. The molecule has 1 aromatic carbocycles. The van der Waals surface area contributed by atoms with E-state index in [1.165, 1.54) is 0 Å². The number of nitrogens with zero attached hydrogens (tertiary/aromatic N) is 1. The van der Waals surface area contributed by atoms with E-state index in [1.807, 2.05) is 26.0 Å². The summed E-state index contributed by atoms with van der Waals surface area (Å²) in [4.78, 5) is 4.32. The minimum Gasteiger partial charge on any atom is -0.466 e. The number of pyridine rings is 1. The molecule has 0 saturated carbocycles. The van der Waals surface area contributed by atoms with Crippen molar-refractivity contribution in [3.8, 4) is 0 Å². The Morgan fingerprint density at radius 1 is 1.24 bits per heavy atom. The fourth-order valence-electron chi connectivity index (χ4n) is 2.04. The van der Waals surface area contributed by atoms with Crippen molar-refractivity contribution in [2.45, 2.75) is 31.8 Å². The number of sulfone groups is 1. The van der Waals surface area contributed by atoms with Crippen molar-refractivity contribution in [3.05, 3.63) is 54.4 Å². The van der Waals surface area contributed by atoms with Gasteiger partial charge in [-0.15, -0.1) is 0 Å². The van der Waals surface area contributed by atoms with Crippen molar-refractivity contribution in [3.63, 3.8) is 0 Å². The minimum atomic E-state index is -3.25. The van der Waals surface area contributed by atoms with E-state index in [2.05, 4.69) is 10.3 Å². The molecule has 0 atom stereocenters. The number of nitrogens with one attached hydrogen (secondary N) is 1. The van der Waals surface area contributed by atoms with Crippen LogP contribution in [0.2, 0.25) is 0 Å². The first-order chi connectivity index (χ1) is 11.9. The number of aromatic nitrogens is 1. The summed E-state index contributed by atoms with van der Waals surface area (Å²) in [5, 5.41) is 3.16. The van der Waals surface area contributed by atoms with Crippen molar-refractivity contribution < 1.29 is 13.2 Å². The fourth-order valence-corrected chi connectivity index (χ4v) is 3.79. The van der Waals surface area contributed by atoms with Crippen LogP contribution in [0.25, 0.3) is 0 Å². The van der Waals surface area contributed by atoms with Gasteiger partial charge in [0.25, 0.3) is 5.17 Å². The highest BCUT2D eigenvalue weighted by Gasteiger charge is 2.15. The fraction of sp³-hybridized carbons (Fsp3) is 0.333. The maximum atomic E-state index is 12.3. The van der Waals surface area contributed by atoms with Crippen molar-refractivity contribution >= 4 is 32.9 Å². The van der Waals surface area contributed by atoms with Crippen LogP contribution in [0.5, 0.6) is 0 Å². The molecule has 1 N–H and O–H groups in total. The molecular formula is C18H22N2O3S2. The van der Waals surface area contributed by atoms with Gasteiger partial charge in [0.1, 0.15) is 6.61 Å². The Morgan fingerprint density at radius 3 is 2.56 bits per heavy atom. The molecule has 0 aliphatic carbocycles. The molecule has 0 radical (unpaired) electrons. The molecule has 0 bridgehead atoms. The Hall–Kier alpha value is -1.99. The lowest BCUT2D eigenvalue weighted by Gasteiger charge is -2.11. The van der Waals surface area contributed by atoms with Crippen LogP contribution in [0.15, 0.2) is 53.7 Å². The van der Waals surface area contributed by atoms with Crippen LogP contribution < -0.4 is 5.32 Å². The van der Waals surface area contributed by atoms with Crippen LogP contribution in [0.3, 0.4) is 0 Å². The van der Waals surface area contributed by atoms with Crippen LogP contribution in [0, 0.1) is 5.92 Å². The van der Waals surface area contributed by atoms with Gasteiger partial charge in [-0.25, -0.2) is 8.42 Å². The molecule has 134 valence electrons. The summed E-state index contributed by atoms with van der Waals surface area (Å²) in [5.74, 6) is 0.509. The van der Waals surface area contributed by atoms with Gasteiger partial charge < -0.3 is 10.1 Å². The zero-order chi connectivity index (χ0) is 18.3. The molecule has 7 heteroatoms. The van der Waals surface area contributed by atoms with E-state index in [9.17, 15) is 8.42 Å². The number of thiocarbonyl (C=S) groups is 1. The zero-order valence-electron chi connectivity index (χ0n) is 14.3. The summed E-state index contributed by atoms with van der Waals surface area (Å²) in [6.45, 7) is 4.34. The Balaban J connectivity index is 1.90. The number of anilines is 1. The van der Waals surface area contributed by atoms with Crippen molar-refractivity contribution in [2.75, 3.05) is 11.1 Å². The van der Waals surface area contributed by atoms with E-state index in [-0.39, 0.29) is 10.9 Å². The van der Waals surface area contributed by atoms with Gasteiger partial charge in [0, 0.05) is 23.6 Å². The average molecular weight is 379 g/mol. The summed E-state index contributed by atoms with van der Waals surface area (Å²) in [7, 11) is -3.25. The number of ether oxygens (including phenoxy) is 1. The highest BCUT2D eigenvalue weighted by atomic mass is 32.2. The van der Waals surface area contributed by atoms with Gasteiger partial charge in [0.05, 0.1) is 10.6 Å². The van der Waals surface area contributed by atoms with Gasteiger partial charge in [-0.05, 0) is 54.9 Å². The van der Waals surface area contributed by atoms with E-state index in [4.69, 9.17) is 17.0 Å². The van der Waals surface area contributed by atoms with Crippen molar-refractivity contribution in [2.24, 2.45) is 5.92 Å². The molecular weight excluding hydrogens is 356 g/mol. The third kappa shape index (κ3) is 6.43. The summed E-state index contributed by atoms with van der Waals surface area (Å²) in [5.41, 5.74) is 1.59. The third-order valence-corrected chi connectivity index (χ3v) is 5.50. The van der Waals surface area contributed by atoms with E-state index >= 15 is 0 Å². The molecule has 25 heavy (non-hydrogen) atoms. The molecule has 0 amide bonds. The van der Waals surface area contributed by atoms with E-state index in [0.29, 0.717) is 29.5 Å². The first-order valence-corrected chi connectivity index (χ1v) is 10.1. The summed E-state index contributed by atoms with van der Waals surface area (Å²) in [6, 6.07) is 10.3. The summed E-state index contributed by atoms with van der Waals surface area (Å²) >= 11 is 5.14. The molecule has 0 aliphatic heterocycles. The Bertz CT molecular complexity index is 789. The van der Waals surface area contributed by atoms with E-state index < -0.39 is 9.84 Å². The number of hydrogen-bond donors (Lipinski definition) is 1. The molecule has 1 heterocycles. The maximum absolute atomic E-state index is 12.3. The zero-order valence-corrected chi connectivity index (χ0v) is 15.9. The van der Waals surface area contributed by atoms with Gasteiger partial charge in [-0.1, -0.05) is 19.9 Å². The molecule has 1 aromatic heterocycles. The molecule has 5 nitrogen and oxygen atoms in total. The summed E-state index contributed by atoms with van der Waals surface area (Å²) < 4.78 is 30.0. The van der Waals surface area contributed by atoms with Crippen molar-refractivity contribution in [1.82, 2.24) is 4.98 Å². The number of rotatable bonds is 7. The maximum Gasteiger partial charge on any atom is 0.261 e. The molecule has 0 unspecified atom stereocenters. The molecule has 0 saturated heterocycles. The van der Waals surface area contributed by atoms with E-state index in [1.54, 1.807) is 36.7 Å². The van der Waals surface area contributed by atoms with Gasteiger partial charge in [-0.3, -0.25) is 4.98 Å². The van der Waals surface area contributed by atoms with E-state index in [0.717, 1.165) is 5.56 Å². The number of benzene rings is 1. The predicted octanol–water partition coefficient (Wildman–Crippen LogP) is 3.82. The molecule has 2 rings (SSSR count). The largest absolute Gasteiger partial charge is 0.466 e. The molecule has 0 spiro atoms. The van der Waals surface area contributed by atoms with Crippen LogP contribution in [0.1, 0.15) is 25.8 Å². The minimum absolute atomic E-state index is 0.157. The van der Waals surface area contributed by atoms with Crippen LogP contribution in [0.4, 0.5) is 5.69 Å². The van der Waals surface area contributed by atoms with Crippen LogP contribution >= 0.6 is 12.2 Å². The quantitative estimate of drug-likeness (QED) is 0.739. The molecule has 0 aliphatic rings. The summed E-state index contributed by atoms with van der Waals surface area (Å²) in [6.07, 6.45) is 4.05. The smallest absolute Gasteiger partial charge is 0.261 e. The highest BCUT2D eigenvalue weighted by Crippen LogP contribution is 2.17. The third-order valence-electron chi connectivity index (χ3n) is 3.52. The first kappa shape index (κ1) is 19.3. The first-order valence-electron chi connectivity index (χ1n) is 8.02. The Morgan fingerprint density at radius 2 is 1.96 bits per heavy atom. The van der Waals surface area contributed by atoms with Crippen LogP contribution in [-0.4, -0.2) is 24.3 Å². The highest BCUT2D eigenvalue weighted by molar-refractivity contribution is 7.91. The van der Waals surface area contributed by atoms with Gasteiger partial charge >= 0.3 is 0 Å². The normalized spacial score (nSPS) is 11.3. The predicted molar refractivity (Wildman–Crippen MR) is 103 cm³/mol. The Kier molecular flexibility index (Phi) is 6.90. The lowest BCUT2D eigenvalue weighted by Crippen LogP contribution is -2.13. The standard InChI is InChI=1S/C18H22N2O3S2/c1-14(2)9-11-25(21,22)17-7-5-16(6-8-17)20-18(24)23-13-15-4-3-10-19-12-15/h3-8,10,12,14H,9,11,13H2,1-2H3,(H,20,24). The van der Waals surface area contributed by atoms with Crippen molar-refractivity contribution in [1.29, 1.82) is 0 Å². The Labute approximate surface area is 154 Å². The topological polar surface area (TPSA) is 68.3 Å². The second-order valence-corrected chi connectivity index (χ2v) is 8.57. The lowest BCUT2D eigenvalue weighted by atomic mass is 10.2.